The molecule has 31 heavy (non-hydrogen) atoms. The lowest BCUT2D eigenvalue weighted by atomic mass is 9.81. The number of carbonyl (C=O) groups is 1. The van der Waals surface area contributed by atoms with Crippen molar-refractivity contribution < 1.29 is 23.0 Å². The number of rotatable bonds is 4. The van der Waals surface area contributed by atoms with E-state index in [2.05, 4.69) is 14.9 Å². The average molecular weight is 433 g/mol. The summed E-state index contributed by atoms with van der Waals surface area (Å²) in [5, 5.41) is 0. The lowest BCUT2D eigenvalue weighted by Crippen LogP contribution is -2.61. The zero-order valence-corrected chi connectivity index (χ0v) is 17.5. The number of halogens is 2. The topological polar surface area (TPSA) is 93.8 Å². The summed E-state index contributed by atoms with van der Waals surface area (Å²) in [5.41, 5.74) is 5.59. The van der Waals surface area contributed by atoms with Gasteiger partial charge in [-0.05, 0) is 38.8 Å². The molecule has 2 aliphatic rings. The van der Waals surface area contributed by atoms with Crippen molar-refractivity contribution in [1.82, 2.24) is 9.97 Å². The first-order valence-corrected chi connectivity index (χ1v) is 10.3. The van der Waals surface area contributed by atoms with Crippen molar-refractivity contribution in [3.8, 4) is 5.88 Å². The molecule has 2 N–H and O–H groups in total. The number of nitrogen functional groups attached to an aromatic ring is 1. The first-order chi connectivity index (χ1) is 14.8. The number of anilines is 3. The van der Waals surface area contributed by atoms with E-state index in [-0.39, 0.29) is 24.3 Å². The monoisotopic (exact) mass is 433 g/mol. The Morgan fingerprint density at radius 1 is 1.13 bits per heavy atom. The minimum atomic E-state index is -1.00. The maximum absolute atomic E-state index is 13.9. The largest absolute Gasteiger partial charge is 0.475 e. The van der Waals surface area contributed by atoms with Crippen molar-refractivity contribution in [2.75, 3.05) is 35.2 Å². The second-order valence-electron chi connectivity index (χ2n) is 8.10. The van der Waals surface area contributed by atoms with E-state index in [1.165, 1.54) is 11.0 Å². The molecule has 0 saturated carbocycles. The molecule has 1 aromatic carbocycles. The summed E-state index contributed by atoms with van der Waals surface area (Å²) in [4.78, 5) is 24.6. The summed E-state index contributed by atoms with van der Waals surface area (Å²) in [6, 6.07) is 5.21. The maximum atomic E-state index is 13.9. The zero-order chi connectivity index (χ0) is 22.2. The summed E-state index contributed by atoms with van der Waals surface area (Å²) in [5.74, 6) is -0.785. The molecule has 2 saturated heterocycles. The highest BCUT2D eigenvalue weighted by Gasteiger charge is 2.47. The van der Waals surface area contributed by atoms with E-state index in [1.54, 1.807) is 6.07 Å². The lowest BCUT2D eigenvalue weighted by molar-refractivity contribution is 0.0976. The molecule has 0 aliphatic carbocycles. The molecule has 2 fully saturated rings. The highest BCUT2D eigenvalue weighted by Crippen LogP contribution is 2.40. The first-order valence-electron chi connectivity index (χ1n) is 10.3. The molecule has 3 heterocycles. The molecule has 10 heteroatoms. The molecular formula is C21H25F2N5O3. The van der Waals surface area contributed by atoms with Crippen LogP contribution >= 0.6 is 0 Å². The van der Waals surface area contributed by atoms with Gasteiger partial charge in [0.1, 0.15) is 5.82 Å². The molecular weight excluding hydrogens is 408 g/mol. The van der Waals surface area contributed by atoms with Crippen LogP contribution in [0, 0.1) is 11.6 Å². The molecule has 8 nitrogen and oxygen atoms in total. The number of cyclic esters (lactones) is 1. The van der Waals surface area contributed by atoms with Crippen LogP contribution in [0.25, 0.3) is 0 Å². The van der Waals surface area contributed by atoms with Crippen molar-refractivity contribution in [2.45, 2.75) is 44.8 Å². The Morgan fingerprint density at radius 3 is 2.55 bits per heavy atom. The molecule has 2 aliphatic heterocycles. The molecule has 1 spiro atoms. The van der Waals surface area contributed by atoms with Crippen molar-refractivity contribution >= 4 is 23.5 Å². The van der Waals surface area contributed by atoms with E-state index in [0.717, 1.165) is 12.1 Å². The van der Waals surface area contributed by atoms with E-state index < -0.39 is 23.3 Å². The Bertz CT molecular complexity index is 979. The van der Waals surface area contributed by atoms with E-state index in [0.29, 0.717) is 44.0 Å². The Hall–Kier alpha value is -3.17. The summed E-state index contributed by atoms with van der Waals surface area (Å²) < 4.78 is 38.2. The van der Waals surface area contributed by atoms with E-state index in [4.69, 9.17) is 15.2 Å². The molecule has 2 aromatic rings. The fourth-order valence-electron chi connectivity index (χ4n) is 4.22. The predicted octanol–water partition coefficient (Wildman–Crippen LogP) is 3.51. The van der Waals surface area contributed by atoms with Gasteiger partial charge in [-0.1, -0.05) is 0 Å². The van der Waals surface area contributed by atoms with E-state index >= 15 is 0 Å². The van der Waals surface area contributed by atoms with Crippen LogP contribution in [0.1, 0.15) is 33.1 Å². The number of hydrogen-bond donors (Lipinski definition) is 1. The quantitative estimate of drug-likeness (QED) is 0.789. The third kappa shape index (κ3) is 4.19. The molecule has 0 unspecified atom stereocenters. The molecule has 4 rings (SSSR count). The number of hydrogen-bond acceptors (Lipinski definition) is 7. The zero-order valence-electron chi connectivity index (χ0n) is 17.5. The third-order valence-corrected chi connectivity index (χ3v) is 5.69. The summed E-state index contributed by atoms with van der Waals surface area (Å²) >= 11 is 0. The first kappa shape index (κ1) is 21.1. The van der Waals surface area contributed by atoms with Crippen LogP contribution in [-0.2, 0) is 4.74 Å². The third-order valence-electron chi connectivity index (χ3n) is 5.69. The van der Waals surface area contributed by atoms with Crippen LogP contribution in [0.4, 0.5) is 31.0 Å². The van der Waals surface area contributed by atoms with Crippen molar-refractivity contribution in [3.63, 3.8) is 0 Å². The van der Waals surface area contributed by atoms with Gasteiger partial charge in [0, 0.05) is 31.6 Å². The predicted molar refractivity (Wildman–Crippen MR) is 111 cm³/mol. The van der Waals surface area contributed by atoms with Gasteiger partial charge >= 0.3 is 6.09 Å². The normalized spacial score (nSPS) is 18.4. The van der Waals surface area contributed by atoms with Crippen molar-refractivity contribution in [2.24, 2.45) is 0 Å². The van der Waals surface area contributed by atoms with Gasteiger partial charge in [-0.25, -0.2) is 13.6 Å². The number of carbonyl (C=O) groups excluding carboxylic acids is 1. The summed E-state index contributed by atoms with van der Waals surface area (Å²) in [7, 11) is 0. The highest BCUT2D eigenvalue weighted by molar-refractivity contribution is 5.90. The highest BCUT2D eigenvalue weighted by atomic mass is 19.2. The van der Waals surface area contributed by atoms with Crippen LogP contribution in [0.5, 0.6) is 5.88 Å². The Labute approximate surface area is 179 Å². The Kier molecular flexibility index (Phi) is 5.55. The summed E-state index contributed by atoms with van der Waals surface area (Å²) in [6.45, 7) is 5.26. The number of aromatic nitrogens is 2. The van der Waals surface area contributed by atoms with Crippen molar-refractivity contribution in [3.05, 3.63) is 35.9 Å². The number of nitrogens with two attached hydrogens (primary N) is 1. The van der Waals surface area contributed by atoms with Gasteiger partial charge in [-0.3, -0.25) is 4.90 Å². The van der Waals surface area contributed by atoms with Crippen LogP contribution in [-0.4, -0.2) is 47.4 Å². The van der Waals surface area contributed by atoms with E-state index in [9.17, 15) is 13.6 Å². The molecule has 0 bridgehead atoms. The number of benzene rings is 1. The molecule has 1 amide bonds. The lowest BCUT2D eigenvalue weighted by Gasteiger charge is -2.50. The molecule has 1 aromatic heterocycles. The van der Waals surface area contributed by atoms with Crippen LogP contribution < -0.4 is 20.3 Å². The second-order valence-corrected chi connectivity index (χ2v) is 8.10. The minimum absolute atomic E-state index is 0.0512. The SMILES string of the molecule is CC(C)Oc1cc(N2CCC3(CCOC(=O)N3c3ccc(F)c(F)c3)CC2)nc(N)n1. The second kappa shape index (κ2) is 8.16. The van der Waals surface area contributed by atoms with Crippen LogP contribution in [0.2, 0.25) is 0 Å². The van der Waals surface area contributed by atoms with E-state index in [1.807, 2.05) is 13.8 Å². The Morgan fingerprint density at radius 2 is 1.87 bits per heavy atom. The number of ether oxygens (including phenoxy) is 2. The Balaban J connectivity index is 1.57. The number of nitrogens with zero attached hydrogens (tertiary/aromatic N) is 4. The van der Waals surface area contributed by atoms with Gasteiger partial charge in [0.2, 0.25) is 11.8 Å². The maximum Gasteiger partial charge on any atom is 0.414 e. The number of piperidine rings is 1. The van der Waals surface area contributed by atoms with Gasteiger partial charge in [0.05, 0.1) is 23.9 Å². The number of amides is 1. The van der Waals surface area contributed by atoms with Crippen molar-refractivity contribution in [1.29, 1.82) is 0 Å². The van der Waals surface area contributed by atoms with Gasteiger partial charge in [0.15, 0.2) is 11.6 Å². The smallest absolute Gasteiger partial charge is 0.414 e. The molecule has 0 atom stereocenters. The summed E-state index contributed by atoms with van der Waals surface area (Å²) in [6.07, 6.45) is 1.20. The van der Waals surface area contributed by atoms with Crippen LogP contribution in [0.15, 0.2) is 24.3 Å². The van der Waals surface area contributed by atoms with Gasteiger partial charge < -0.3 is 20.1 Å². The van der Waals surface area contributed by atoms with Gasteiger partial charge in [-0.15, -0.1) is 0 Å². The van der Waals surface area contributed by atoms with Crippen LogP contribution in [0.3, 0.4) is 0 Å². The molecule has 0 radical (unpaired) electrons. The standard InChI is InChI=1S/C21H25F2N5O3/c1-13(2)31-18-12-17(25-19(24)26-18)27-8-5-21(6-9-27)7-10-30-20(29)28(21)14-3-4-15(22)16(23)11-14/h3-4,11-13H,5-10H2,1-2H3,(H2,24,25,26). The fraction of sp³-hybridized carbons (Fsp3) is 0.476. The molecule has 166 valence electrons. The van der Waals surface area contributed by atoms with Gasteiger partial charge in [-0.2, -0.15) is 9.97 Å². The average Bonchev–Trinajstić information content (AvgIpc) is 2.70. The minimum Gasteiger partial charge on any atom is -0.475 e. The fourth-order valence-corrected chi connectivity index (χ4v) is 4.22. The van der Waals surface area contributed by atoms with Gasteiger partial charge in [0.25, 0.3) is 0 Å².